The van der Waals surface area contributed by atoms with Crippen molar-refractivity contribution < 1.29 is 20.1 Å². The van der Waals surface area contributed by atoms with Crippen LogP contribution >= 0.6 is 0 Å². The number of aliphatic hydroxyl groups is 1. The highest BCUT2D eigenvalue weighted by Gasteiger charge is 2.19. The lowest BCUT2D eigenvalue weighted by atomic mass is 9.89. The summed E-state index contributed by atoms with van der Waals surface area (Å²) in [6.07, 6.45) is 0.385. The Morgan fingerprint density at radius 3 is 2.82 bits per heavy atom. The molecule has 0 fully saturated rings. The van der Waals surface area contributed by atoms with Crippen molar-refractivity contribution in [2.45, 2.75) is 26.9 Å². The lowest BCUT2D eigenvalue weighted by molar-refractivity contribution is 0.106. The van der Waals surface area contributed by atoms with Gasteiger partial charge >= 0.3 is 0 Å². The van der Waals surface area contributed by atoms with E-state index in [0.29, 0.717) is 0 Å². The Morgan fingerprint density at radius 2 is 2.12 bits per heavy atom. The van der Waals surface area contributed by atoms with Crippen LogP contribution in [0.2, 0.25) is 0 Å². The monoisotopic (exact) mass is 238 g/mol. The summed E-state index contributed by atoms with van der Waals surface area (Å²) in [5, 5.41) is 10.0. The molecule has 2 rings (SSSR count). The summed E-state index contributed by atoms with van der Waals surface area (Å²) >= 11 is 0. The van der Waals surface area contributed by atoms with Gasteiger partial charge in [0.1, 0.15) is 0 Å². The Morgan fingerprint density at radius 1 is 1.41 bits per heavy atom. The molecule has 1 aromatic rings. The molecular formula is C14H18O3. The second kappa shape index (κ2) is 4.41. The zero-order valence-corrected chi connectivity index (χ0v) is 10.1. The molecule has 0 saturated heterocycles. The van der Waals surface area contributed by atoms with Crippen LogP contribution in [0.1, 0.15) is 31.8 Å². The van der Waals surface area contributed by atoms with Gasteiger partial charge in [-0.25, -0.2) is 0 Å². The maximum Gasteiger partial charge on any atom is 0.231 e. The van der Waals surface area contributed by atoms with Crippen molar-refractivity contribution in [2.24, 2.45) is 5.41 Å². The number of rotatable bonds is 2. The Balaban J connectivity index is 2.55. The second-order valence-corrected chi connectivity index (χ2v) is 4.94. The van der Waals surface area contributed by atoms with E-state index in [9.17, 15) is 5.11 Å². The molecular weight excluding hydrogens is 216 g/mol. The third-order valence-electron chi connectivity index (χ3n) is 2.43. The first kappa shape index (κ1) is 7.77. The molecule has 1 aliphatic heterocycles. The Bertz CT molecular complexity index is 605. The van der Waals surface area contributed by atoms with Crippen molar-refractivity contribution >= 4 is 6.05 Å². The van der Waals surface area contributed by atoms with E-state index in [1.807, 2.05) is 20.8 Å². The maximum absolute atomic E-state index is 10.0. The fourth-order valence-corrected chi connectivity index (χ4v) is 1.21. The van der Waals surface area contributed by atoms with Crippen LogP contribution in [0.4, 0.5) is 0 Å². The van der Waals surface area contributed by atoms with Crippen molar-refractivity contribution in [1.82, 2.24) is 0 Å². The highest BCUT2D eigenvalue weighted by atomic mass is 16.7. The topological polar surface area (TPSA) is 38.7 Å². The lowest BCUT2D eigenvalue weighted by Crippen LogP contribution is -2.23. The van der Waals surface area contributed by atoms with Crippen molar-refractivity contribution in [3.63, 3.8) is 0 Å². The van der Waals surface area contributed by atoms with Crippen LogP contribution in [0.25, 0.3) is 6.05 Å². The van der Waals surface area contributed by atoms with E-state index in [2.05, 4.69) is 0 Å². The Hall–Kier alpha value is -1.48. The minimum Gasteiger partial charge on any atom is -0.454 e. The van der Waals surface area contributed by atoms with Gasteiger partial charge in [-0.15, -0.1) is 0 Å². The summed E-state index contributed by atoms with van der Waals surface area (Å²) in [5.41, 5.74) is -0.496. The zero-order chi connectivity index (χ0) is 15.9. The van der Waals surface area contributed by atoms with Gasteiger partial charge in [-0.1, -0.05) is 38.9 Å². The summed E-state index contributed by atoms with van der Waals surface area (Å²) in [5.74, 6) is 0.146. The average Bonchev–Trinajstić information content (AvgIpc) is 2.84. The predicted molar refractivity (Wildman–Crippen MR) is 67.1 cm³/mol. The van der Waals surface area contributed by atoms with E-state index in [1.54, 1.807) is 0 Å². The van der Waals surface area contributed by atoms with Gasteiger partial charge in [0.25, 0.3) is 0 Å². The Kier molecular flexibility index (Phi) is 2.02. The van der Waals surface area contributed by atoms with E-state index in [0.717, 1.165) is 0 Å². The van der Waals surface area contributed by atoms with Gasteiger partial charge in [0, 0.05) is 0 Å². The summed E-state index contributed by atoms with van der Waals surface area (Å²) in [6.45, 7) is 5.36. The molecule has 3 heteroatoms. The molecule has 0 amide bonds. The highest BCUT2D eigenvalue weighted by molar-refractivity contribution is 5.56. The lowest BCUT2D eigenvalue weighted by Gasteiger charge is -2.22. The van der Waals surface area contributed by atoms with Gasteiger partial charge in [0.05, 0.1) is 11.6 Å². The van der Waals surface area contributed by atoms with Gasteiger partial charge in [0.2, 0.25) is 6.79 Å². The maximum atomic E-state index is 10.0. The molecule has 0 radical (unpaired) electrons. The van der Waals surface area contributed by atoms with Crippen LogP contribution in [0, 0.1) is 5.41 Å². The van der Waals surface area contributed by atoms with Crippen LogP contribution in [0.5, 0.6) is 11.5 Å². The fourth-order valence-electron chi connectivity index (χ4n) is 1.21. The first-order chi connectivity index (χ1) is 9.64. The summed E-state index contributed by atoms with van der Waals surface area (Å²) in [6, 6.07) is -0.811. The zero-order valence-electron chi connectivity index (χ0n) is 14.1. The van der Waals surface area contributed by atoms with Crippen LogP contribution < -0.4 is 9.47 Å². The van der Waals surface area contributed by atoms with Crippen molar-refractivity contribution in [3.05, 3.63) is 29.8 Å². The van der Waals surface area contributed by atoms with E-state index in [-0.39, 0.29) is 48.0 Å². The van der Waals surface area contributed by atoms with Crippen LogP contribution in [0.3, 0.4) is 0 Å². The molecule has 0 bridgehead atoms. The highest BCUT2D eigenvalue weighted by Crippen LogP contribution is 2.33. The number of ether oxygens (including phenoxy) is 2. The number of benzene rings is 1. The molecule has 0 aromatic heterocycles. The smallest absolute Gasteiger partial charge is 0.231 e. The SMILES string of the molecule is [2H]/C(=C\C(O)C(C)(C)C)c1c([2H])c([2H])c2c(c1[2H])OCO2. The van der Waals surface area contributed by atoms with E-state index in [4.69, 9.17) is 15.0 Å². The summed E-state index contributed by atoms with van der Waals surface area (Å²) in [7, 11) is 0. The number of fused-ring (bicyclic) bond motifs is 1. The van der Waals surface area contributed by atoms with Gasteiger partial charge < -0.3 is 14.6 Å². The number of aliphatic hydroxyl groups excluding tert-OH is 1. The van der Waals surface area contributed by atoms with E-state index in [1.165, 1.54) is 6.08 Å². The van der Waals surface area contributed by atoms with Crippen LogP contribution in [0.15, 0.2) is 24.2 Å². The van der Waals surface area contributed by atoms with Gasteiger partial charge in [-0.05, 0) is 23.1 Å². The third kappa shape index (κ3) is 2.80. The molecule has 17 heavy (non-hydrogen) atoms. The first-order valence-electron chi connectivity index (χ1n) is 7.40. The van der Waals surface area contributed by atoms with Crippen molar-refractivity contribution in [2.75, 3.05) is 6.79 Å². The molecule has 0 saturated carbocycles. The number of hydrogen-bond donors (Lipinski definition) is 1. The number of hydrogen-bond acceptors (Lipinski definition) is 3. The van der Waals surface area contributed by atoms with Gasteiger partial charge in [0.15, 0.2) is 11.5 Å². The molecule has 1 aromatic carbocycles. The normalized spacial score (nSPS) is 20.4. The van der Waals surface area contributed by atoms with Crippen molar-refractivity contribution in [3.8, 4) is 11.5 Å². The predicted octanol–water partition coefficient (Wildman–Crippen LogP) is 2.84. The van der Waals surface area contributed by atoms with Gasteiger partial charge in [-0.2, -0.15) is 0 Å². The summed E-state index contributed by atoms with van der Waals surface area (Å²) < 4.78 is 42.1. The molecule has 1 aliphatic rings. The van der Waals surface area contributed by atoms with Crippen LogP contribution in [-0.2, 0) is 0 Å². The molecule has 0 aliphatic carbocycles. The fraction of sp³-hybridized carbons (Fsp3) is 0.429. The summed E-state index contributed by atoms with van der Waals surface area (Å²) in [4.78, 5) is 0. The van der Waals surface area contributed by atoms with Crippen LogP contribution in [-0.4, -0.2) is 18.0 Å². The molecule has 1 unspecified atom stereocenters. The molecule has 0 spiro atoms. The van der Waals surface area contributed by atoms with Crippen molar-refractivity contribution in [1.29, 1.82) is 0 Å². The first-order valence-corrected chi connectivity index (χ1v) is 5.40. The molecule has 1 N–H and O–H groups in total. The Labute approximate surface area is 107 Å². The standard InChI is InChI=1S/C14H18O3/c1-14(2,3)13(15)7-5-10-4-6-11-12(8-10)17-9-16-11/h4-8,13,15H,9H2,1-3H3/b7-5+/i4D,5D,6D,8D. The quantitative estimate of drug-likeness (QED) is 0.861. The van der Waals surface area contributed by atoms with E-state index >= 15 is 0 Å². The molecule has 92 valence electrons. The minimum absolute atomic E-state index is 0.0347. The second-order valence-electron chi connectivity index (χ2n) is 4.94. The average molecular weight is 238 g/mol. The minimum atomic E-state index is -0.900. The van der Waals surface area contributed by atoms with Gasteiger partial charge in [-0.3, -0.25) is 0 Å². The molecule has 1 atom stereocenters. The molecule has 3 nitrogen and oxygen atoms in total. The third-order valence-corrected chi connectivity index (χ3v) is 2.43. The largest absolute Gasteiger partial charge is 0.454 e. The molecule has 1 heterocycles. The van der Waals surface area contributed by atoms with E-state index < -0.39 is 11.5 Å².